The summed E-state index contributed by atoms with van der Waals surface area (Å²) in [6.45, 7) is 3.27. The van der Waals surface area contributed by atoms with E-state index in [2.05, 4.69) is 12.2 Å². The third-order valence-corrected chi connectivity index (χ3v) is 4.68. The first-order chi connectivity index (χ1) is 7.71. The van der Waals surface area contributed by atoms with Gasteiger partial charge in [-0.05, 0) is 25.7 Å². The lowest BCUT2D eigenvalue weighted by molar-refractivity contribution is -0.000929. The van der Waals surface area contributed by atoms with Crippen LogP contribution in [0.25, 0.3) is 0 Å². The predicted molar refractivity (Wildman–Crippen MR) is 67.5 cm³/mol. The maximum absolute atomic E-state index is 10.1. The molecule has 2 fully saturated rings. The van der Waals surface area contributed by atoms with Crippen LogP contribution in [0.1, 0.15) is 64.7 Å². The smallest absolute Gasteiger partial charge is 0.0605 e. The first kappa shape index (κ1) is 12.4. The first-order valence-electron chi connectivity index (χ1n) is 7.12. The Morgan fingerprint density at radius 3 is 2.44 bits per heavy atom. The maximum atomic E-state index is 10.1. The largest absolute Gasteiger partial charge is 0.393 e. The second-order valence-electron chi connectivity index (χ2n) is 6.13. The predicted octanol–water partition coefficient (Wildman–Crippen LogP) is 2.85. The van der Waals surface area contributed by atoms with Crippen molar-refractivity contribution < 1.29 is 5.11 Å². The average molecular weight is 225 g/mol. The van der Waals surface area contributed by atoms with Crippen molar-refractivity contribution in [1.82, 2.24) is 5.32 Å². The van der Waals surface area contributed by atoms with E-state index in [0.717, 1.165) is 19.0 Å². The zero-order valence-electron chi connectivity index (χ0n) is 10.7. The molecule has 0 bridgehead atoms. The van der Waals surface area contributed by atoms with Crippen LogP contribution in [0, 0.1) is 5.41 Å². The molecular formula is C14H27NO. The average Bonchev–Trinajstić information content (AvgIpc) is 2.32. The highest BCUT2D eigenvalue weighted by Crippen LogP contribution is 2.35. The van der Waals surface area contributed by atoms with Crippen molar-refractivity contribution in [2.24, 2.45) is 5.41 Å². The third-order valence-electron chi connectivity index (χ3n) is 4.68. The van der Waals surface area contributed by atoms with Gasteiger partial charge in [-0.1, -0.05) is 39.0 Å². The Kier molecular flexibility index (Phi) is 4.26. The molecule has 2 N–H and O–H groups in total. The van der Waals surface area contributed by atoms with Crippen LogP contribution in [-0.2, 0) is 0 Å². The summed E-state index contributed by atoms with van der Waals surface area (Å²) in [5.74, 6) is 0. The fourth-order valence-electron chi connectivity index (χ4n) is 3.27. The Balaban J connectivity index is 1.78. The number of aliphatic hydroxyl groups is 1. The second kappa shape index (κ2) is 5.50. The molecule has 2 aliphatic rings. The molecule has 16 heavy (non-hydrogen) atoms. The van der Waals surface area contributed by atoms with E-state index in [1.165, 1.54) is 51.4 Å². The van der Waals surface area contributed by atoms with Crippen molar-refractivity contribution in [2.75, 3.05) is 6.54 Å². The van der Waals surface area contributed by atoms with Crippen molar-refractivity contribution in [3.8, 4) is 0 Å². The van der Waals surface area contributed by atoms with Gasteiger partial charge in [0.15, 0.2) is 0 Å². The molecule has 0 amide bonds. The summed E-state index contributed by atoms with van der Waals surface area (Å²) in [5, 5.41) is 13.8. The van der Waals surface area contributed by atoms with Crippen molar-refractivity contribution in [2.45, 2.75) is 76.9 Å². The van der Waals surface area contributed by atoms with Crippen LogP contribution in [0.3, 0.4) is 0 Å². The summed E-state index contributed by atoms with van der Waals surface area (Å²) in [5.41, 5.74) is 0.135. The van der Waals surface area contributed by atoms with Gasteiger partial charge in [-0.15, -0.1) is 0 Å². The molecule has 0 aromatic carbocycles. The van der Waals surface area contributed by atoms with Crippen LogP contribution in [0.5, 0.6) is 0 Å². The molecule has 2 atom stereocenters. The molecule has 2 rings (SSSR count). The molecule has 2 nitrogen and oxygen atoms in total. The Labute approximate surface area is 99.8 Å². The van der Waals surface area contributed by atoms with Crippen molar-refractivity contribution in [3.63, 3.8) is 0 Å². The van der Waals surface area contributed by atoms with Gasteiger partial charge in [0.05, 0.1) is 6.10 Å². The molecule has 0 heterocycles. The molecule has 2 saturated carbocycles. The first-order valence-corrected chi connectivity index (χ1v) is 7.12. The Bertz CT molecular complexity index is 213. The van der Waals surface area contributed by atoms with Crippen LogP contribution >= 0.6 is 0 Å². The van der Waals surface area contributed by atoms with E-state index in [1.54, 1.807) is 0 Å². The standard InChI is InChI=1S/C14H27NO/c1-14(10-6-5-9-13(14)16)11-15-12-7-3-2-4-8-12/h12-13,15-16H,2-11H2,1H3. The SMILES string of the molecule is CC1(CNC2CCCCC2)CCCCC1O. The fraction of sp³-hybridized carbons (Fsp3) is 1.00. The topological polar surface area (TPSA) is 32.3 Å². The van der Waals surface area contributed by atoms with Gasteiger partial charge in [-0.2, -0.15) is 0 Å². The molecule has 0 aromatic rings. The highest BCUT2D eigenvalue weighted by molar-refractivity contribution is 4.89. The molecule has 2 aliphatic carbocycles. The third kappa shape index (κ3) is 2.98. The summed E-state index contributed by atoms with van der Waals surface area (Å²) in [7, 11) is 0. The lowest BCUT2D eigenvalue weighted by atomic mass is 9.73. The van der Waals surface area contributed by atoms with Crippen LogP contribution in [-0.4, -0.2) is 23.8 Å². The Morgan fingerprint density at radius 2 is 1.75 bits per heavy atom. The van der Waals surface area contributed by atoms with Crippen LogP contribution < -0.4 is 5.32 Å². The highest BCUT2D eigenvalue weighted by Gasteiger charge is 2.35. The van der Waals surface area contributed by atoms with Gasteiger partial charge >= 0.3 is 0 Å². The number of hydrogen-bond donors (Lipinski definition) is 2. The van der Waals surface area contributed by atoms with E-state index in [4.69, 9.17) is 0 Å². The molecule has 94 valence electrons. The minimum absolute atomic E-state index is 0.0858. The molecule has 0 spiro atoms. The van der Waals surface area contributed by atoms with E-state index >= 15 is 0 Å². The van der Waals surface area contributed by atoms with Gasteiger partial charge < -0.3 is 10.4 Å². The van der Waals surface area contributed by atoms with Crippen molar-refractivity contribution in [3.05, 3.63) is 0 Å². The van der Waals surface area contributed by atoms with Crippen molar-refractivity contribution in [1.29, 1.82) is 0 Å². The fourth-order valence-corrected chi connectivity index (χ4v) is 3.27. The van der Waals surface area contributed by atoms with Crippen molar-refractivity contribution >= 4 is 0 Å². The van der Waals surface area contributed by atoms with Crippen LogP contribution in [0.15, 0.2) is 0 Å². The lowest BCUT2D eigenvalue weighted by Crippen LogP contribution is -2.46. The monoisotopic (exact) mass is 225 g/mol. The normalized spacial score (nSPS) is 37.5. The molecule has 0 aliphatic heterocycles. The minimum Gasteiger partial charge on any atom is -0.393 e. The molecule has 2 unspecified atom stereocenters. The number of aliphatic hydroxyl groups excluding tert-OH is 1. The molecule has 0 saturated heterocycles. The van der Waals surface area contributed by atoms with Gasteiger partial charge in [0.2, 0.25) is 0 Å². The molecule has 2 heteroatoms. The minimum atomic E-state index is -0.0858. The van der Waals surface area contributed by atoms with Gasteiger partial charge in [0, 0.05) is 18.0 Å². The quantitative estimate of drug-likeness (QED) is 0.774. The molecular weight excluding hydrogens is 198 g/mol. The number of hydrogen-bond acceptors (Lipinski definition) is 2. The van der Waals surface area contributed by atoms with Gasteiger partial charge in [-0.3, -0.25) is 0 Å². The van der Waals surface area contributed by atoms with E-state index in [-0.39, 0.29) is 11.5 Å². The van der Waals surface area contributed by atoms with Gasteiger partial charge in [0.25, 0.3) is 0 Å². The van der Waals surface area contributed by atoms with Crippen LogP contribution in [0.2, 0.25) is 0 Å². The van der Waals surface area contributed by atoms with Gasteiger partial charge in [0.1, 0.15) is 0 Å². The Morgan fingerprint density at radius 1 is 1.06 bits per heavy atom. The number of nitrogens with one attached hydrogen (secondary N) is 1. The summed E-state index contributed by atoms with van der Waals surface area (Å²) in [6.07, 6.45) is 11.5. The summed E-state index contributed by atoms with van der Waals surface area (Å²) < 4.78 is 0. The molecule has 0 radical (unpaired) electrons. The van der Waals surface area contributed by atoms with E-state index in [1.807, 2.05) is 0 Å². The maximum Gasteiger partial charge on any atom is 0.0605 e. The second-order valence-corrected chi connectivity index (χ2v) is 6.13. The van der Waals surface area contributed by atoms with E-state index in [0.29, 0.717) is 0 Å². The van der Waals surface area contributed by atoms with E-state index in [9.17, 15) is 5.11 Å². The molecule has 0 aromatic heterocycles. The highest BCUT2D eigenvalue weighted by atomic mass is 16.3. The zero-order chi connectivity index (χ0) is 11.4. The summed E-state index contributed by atoms with van der Waals surface area (Å²) in [6, 6.07) is 0.722. The Hall–Kier alpha value is -0.0800. The van der Waals surface area contributed by atoms with E-state index < -0.39 is 0 Å². The summed E-state index contributed by atoms with van der Waals surface area (Å²) >= 11 is 0. The zero-order valence-corrected chi connectivity index (χ0v) is 10.7. The summed E-state index contributed by atoms with van der Waals surface area (Å²) in [4.78, 5) is 0. The lowest BCUT2D eigenvalue weighted by Gasteiger charge is -2.40. The number of rotatable bonds is 3. The van der Waals surface area contributed by atoms with Gasteiger partial charge in [-0.25, -0.2) is 0 Å². The van der Waals surface area contributed by atoms with Crippen LogP contribution in [0.4, 0.5) is 0 Å².